The zero-order valence-corrected chi connectivity index (χ0v) is 30.8. The van der Waals surface area contributed by atoms with Crippen molar-refractivity contribution in [1.29, 1.82) is 0 Å². The van der Waals surface area contributed by atoms with Crippen LogP contribution < -0.4 is 16.1 Å². The van der Waals surface area contributed by atoms with E-state index in [1.807, 2.05) is 0 Å². The van der Waals surface area contributed by atoms with Gasteiger partial charge >= 0.3 is 5.97 Å². The van der Waals surface area contributed by atoms with E-state index in [1.54, 1.807) is 42.5 Å². The van der Waals surface area contributed by atoms with Crippen LogP contribution in [-0.4, -0.2) is 119 Å². The highest BCUT2D eigenvalue weighted by molar-refractivity contribution is 6.21. The molecule has 2 amide bonds. The second-order valence-electron chi connectivity index (χ2n) is 13.8. The summed E-state index contributed by atoms with van der Waals surface area (Å²) in [5.74, 6) is -2.21. The molecule has 0 radical (unpaired) electrons. The van der Waals surface area contributed by atoms with Crippen molar-refractivity contribution in [2.75, 3.05) is 39.6 Å². The molecule has 16 heteroatoms. The number of nitrogens with one attached hydrogen (secondary N) is 2. The lowest BCUT2D eigenvalue weighted by Crippen LogP contribution is -2.64. The minimum atomic E-state index is -1.63. The monoisotopic (exact) mass is 796 g/mol. The smallest absolute Gasteiger partial charge is 0.336 e. The molecular formula is C42H40N2O14. The SMILES string of the molecule is O=C(CCOCCOCCNC(=O)c1ccc(C(=O)O)c(-c2c3ccc4cc(O)ccc4c3oc3c2ccc2cc(=O)ccc23)c1)N[C@H]1C(O)O[C@H](CO)[C@@H](O)[C@@H]1O. The number of carbonyl (C=O) groups is 3. The van der Waals surface area contributed by atoms with E-state index >= 15 is 0 Å². The largest absolute Gasteiger partial charge is 0.508 e. The van der Waals surface area contributed by atoms with Crippen LogP contribution in [0, 0.1) is 0 Å². The maximum Gasteiger partial charge on any atom is 0.336 e. The van der Waals surface area contributed by atoms with Crippen LogP contribution in [0.4, 0.5) is 0 Å². The van der Waals surface area contributed by atoms with E-state index in [-0.39, 0.29) is 67.3 Å². The summed E-state index contributed by atoms with van der Waals surface area (Å²) in [5.41, 5.74) is 1.54. The number of aromatic carboxylic acids is 1. The van der Waals surface area contributed by atoms with Gasteiger partial charge in [-0.25, -0.2) is 4.79 Å². The summed E-state index contributed by atoms with van der Waals surface area (Å²) in [6.45, 7) is -0.167. The Hall–Kier alpha value is -5.98. The van der Waals surface area contributed by atoms with Crippen LogP contribution in [0.5, 0.6) is 5.75 Å². The summed E-state index contributed by atoms with van der Waals surface area (Å²) in [4.78, 5) is 50.6. The summed E-state index contributed by atoms with van der Waals surface area (Å²) < 4.78 is 22.5. The number of rotatable bonds is 14. The Kier molecular flexibility index (Phi) is 12.0. The van der Waals surface area contributed by atoms with Crippen molar-refractivity contribution in [3.63, 3.8) is 0 Å². The Labute approximate surface area is 328 Å². The van der Waals surface area contributed by atoms with Crippen molar-refractivity contribution in [2.24, 2.45) is 0 Å². The lowest BCUT2D eigenvalue weighted by atomic mass is 9.90. The molecule has 5 atom stereocenters. The summed E-state index contributed by atoms with van der Waals surface area (Å²) in [5, 5.41) is 68.7. The van der Waals surface area contributed by atoms with Gasteiger partial charge in [-0.1, -0.05) is 12.1 Å². The molecule has 7 rings (SSSR count). The highest BCUT2D eigenvalue weighted by Gasteiger charge is 2.44. The molecule has 302 valence electrons. The molecular weight excluding hydrogens is 756 g/mol. The first kappa shape index (κ1) is 40.2. The van der Waals surface area contributed by atoms with Crippen molar-refractivity contribution in [3.8, 4) is 16.9 Å². The van der Waals surface area contributed by atoms with Crippen LogP contribution in [0.25, 0.3) is 54.6 Å². The molecule has 58 heavy (non-hydrogen) atoms. The fourth-order valence-electron chi connectivity index (χ4n) is 7.13. The summed E-state index contributed by atoms with van der Waals surface area (Å²) >= 11 is 0. The molecule has 1 unspecified atom stereocenters. The van der Waals surface area contributed by atoms with Gasteiger partial charge in [0, 0.05) is 45.6 Å². The number of aromatic hydroxyl groups is 1. The minimum Gasteiger partial charge on any atom is -0.508 e. The lowest BCUT2D eigenvalue weighted by Gasteiger charge is -2.40. The third kappa shape index (κ3) is 8.21. The molecule has 0 saturated carbocycles. The van der Waals surface area contributed by atoms with Gasteiger partial charge in [0.05, 0.1) is 38.6 Å². The average Bonchev–Trinajstić information content (AvgIpc) is 3.21. The van der Waals surface area contributed by atoms with Crippen LogP contribution in [0.1, 0.15) is 27.1 Å². The number of benzene rings is 5. The van der Waals surface area contributed by atoms with Crippen molar-refractivity contribution >= 4 is 61.3 Å². The third-order valence-corrected chi connectivity index (χ3v) is 10.0. The van der Waals surface area contributed by atoms with E-state index < -0.39 is 55.0 Å². The topological polar surface area (TPSA) is 255 Å². The fourth-order valence-corrected chi connectivity index (χ4v) is 7.13. The van der Waals surface area contributed by atoms with Crippen LogP contribution in [-0.2, 0) is 19.0 Å². The van der Waals surface area contributed by atoms with Crippen LogP contribution in [0.15, 0.2) is 88.1 Å². The molecule has 2 heterocycles. The summed E-state index contributed by atoms with van der Waals surface area (Å²) in [7, 11) is 0. The number of carboxylic acids is 1. The van der Waals surface area contributed by atoms with Gasteiger partial charge in [-0.3, -0.25) is 14.4 Å². The number of aliphatic hydroxyl groups is 4. The van der Waals surface area contributed by atoms with Crippen LogP contribution in [0.2, 0.25) is 0 Å². The summed E-state index contributed by atoms with van der Waals surface area (Å²) in [6, 6.07) is 19.5. The first-order chi connectivity index (χ1) is 27.9. The lowest BCUT2D eigenvalue weighted by molar-refractivity contribution is -0.253. The van der Waals surface area contributed by atoms with Gasteiger partial charge in [0.1, 0.15) is 41.3 Å². The van der Waals surface area contributed by atoms with E-state index in [0.29, 0.717) is 49.0 Å². The third-order valence-electron chi connectivity index (χ3n) is 10.0. The molecule has 8 N–H and O–H groups in total. The molecule has 1 fully saturated rings. The molecule has 0 aliphatic carbocycles. The van der Waals surface area contributed by atoms with Crippen molar-refractivity contribution in [1.82, 2.24) is 10.6 Å². The molecule has 5 aromatic carbocycles. The number of phenolic OH excluding ortho intramolecular Hbond substituents is 1. The van der Waals surface area contributed by atoms with E-state index in [2.05, 4.69) is 10.6 Å². The Morgan fingerprint density at radius 3 is 2.09 bits per heavy atom. The highest BCUT2D eigenvalue weighted by atomic mass is 16.6. The zero-order chi connectivity index (χ0) is 41.1. The predicted octanol–water partition coefficient (Wildman–Crippen LogP) is 2.39. The minimum absolute atomic E-state index is 0.0145. The van der Waals surface area contributed by atoms with Gasteiger partial charge in [0.2, 0.25) is 5.91 Å². The van der Waals surface area contributed by atoms with Crippen LogP contribution >= 0.6 is 0 Å². The maximum atomic E-state index is 13.4. The Bertz CT molecular complexity index is 2590. The number of carbonyl (C=O) groups excluding carboxylic acids is 2. The van der Waals surface area contributed by atoms with Gasteiger partial charge in [0.25, 0.3) is 5.91 Å². The quantitative estimate of drug-likeness (QED) is 0.0448. The van der Waals surface area contributed by atoms with E-state index in [9.17, 15) is 49.8 Å². The predicted molar refractivity (Wildman–Crippen MR) is 210 cm³/mol. The van der Waals surface area contributed by atoms with Gasteiger partial charge in [0.15, 0.2) is 11.7 Å². The molecule has 1 aliphatic rings. The van der Waals surface area contributed by atoms with Crippen LogP contribution in [0.3, 0.4) is 0 Å². The highest BCUT2D eigenvalue weighted by Crippen LogP contribution is 2.43. The molecule has 1 aliphatic heterocycles. The molecule has 1 aromatic heterocycles. The normalized spacial score (nSPS) is 19.5. The number of fused-ring (bicyclic) bond motifs is 6. The van der Waals surface area contributed by atoms with Gasteiger partial charge in [-0.05, 0) is 83.1 Å². The average molecular weight is 797 g/mol. The molecule has 1 saturated heterocycles. The Morgan fingerprint density at radius 2 is 1.40 bits per heavy atom. The van der Waals surface area contributed by atoms with Crippen molar-refractivity contribution < 1.29 is 63.7 Å². The molecule has 16 nitrogen and oxygen atoms in total. The number of hydrogen-bond acceptors (Lipinski definition) is 13. The zero-order valence-electron chi connectivity index (χ0n) is 30.8. The Balaban J connectivity index is 1.02. The number of carboxylic acid groups (broad SMARTS) is 1. The number of phenols is 1. The molecule has 6 aromatic rings. The standard InChI is InChI=1S/C42H40N2O14/c45-20-32-36(49)37(50)35(42(54)57-32)44-33(48)11-13-55-15-16-56-14-12-43-40(51)23-3-6-28(41(52)53)31(19-23)34-29-7-1-21-17-24(46)4-9-26(21)38(29)58-39-27-10-5-25(47)18-22(27)2-8-30(34)39/h1-10,17-19,32,35-37,42,45-46,49-50,54H,11-16,20H2,(H,43,51)(H,44,48)(H,52,53)/t32-,35-,36-,37-,42?/m1/s1. The number of hydrogen-bond donors (Lipinski definition) is 8. The van der Waals surface area contributed by atoms with E-state index in [1.165, 1.54) is 36.4 Å². The maximum absolute atomic E-state index is 13.4. The van der Waals surface area contributed by atoms with Crippen molar-refractivity contribution in [2.45, 2.75) is 37.1 Å². The van der Waals surface area contributed by atoms with Gasteiger partial charge in [-0.15, -0.1) is 0 Å². The molecule has 0 bridgehead atoms. The second-order valence-corrected chi connectivity index (χ2v) is 13.8. The second kappa shape index (κ2) is 17.3. The van der Waals surface area contributed by atoms with Gasteiger partial charge < -0.3 is 59.9 Å². The number of amides is 2. The van der Waals surface area contributed by atoms with E-state index in [0.717, 1.165) is 0 Å². The molecule has 0 spiro atoms. The Morgan fingerprint density at radius 1 is 0.741 bits per heavy atom. The number of aliphatic hydroxyl groups excluding tert-OH is 4. The van der Waals surface area contributed by atoms with Gasteiger partial charge in [-0.2, -0.15) is 0 Å². The first-order valence-corrected chi connectivity index (χ1v) is 18.4. The van der Waals surface area contributed by atoms with E-state index in [4.69, 9.17) is 18.6 Å². The summed E-state index contributed by atoms with van der Waals surface area (Å²) in [6.07, 6.45) is -6.00. The number of ether oxygens (including phenoxy) is 3. The first-order valence-electron chi connectivity index (χ1n) is 18.4. The fraction of sp³-hybridized carbons (Fsp3) is 0.286. The van der Waals surface area contributed by atoms with Crippen molar-refractivity contribution in [3.05, 3.63) is 100 Å².